The van der Waals surface area contributed by atoms with Crippen LogP contribution in [0.1, 0.15) is 6.92 Å². The molecule has 0 amide bonds. The minimum absolute atomic E-state index is 0. The molecule has 0 aliphatic heterocycles. The predicted molar refractivity (Wildman–Crippen MR) is 15.9 cm³/mol. The summed E-state index contributed by atoms with van der Waals surface area (Å²) in [4.78, 5) is 0. The maximum absolute atomic E-state index is 3.36. The van der Waals surface area contributed by atoms with Crippen molar-refractivity contribution < 1.29 is 17.4 Å². The third kappa shape index (κ3) is 49.6. The zero-order valence-electron chi connectivity index (χ0n) is 2.69. The van der Waals surface area contributed by atoms with Crippen LogP contribution in [0, 0.1) is 0 Å². The average molecular weight is 94.1 g/mol. The van der Waals surface area contributed by atoms with Crippen LogP contribution in [0.25, 0.3) is 0 Å². The number of rotatable bonds is 0. The fourth-order valence-corrected chi connectivity index (χ4v) is 0. The van der Waals surface area contributed by atoms with Crippen LogP contribution in [-0.2, 0) is 17.4 Å². The Kier molecular flexibility index (Phi) is 23.1. The van der Waals surface area contributed by atoms with E-state index in [-0.39, 0.29) is 17.4 Å². The molecule has 0 aromatic carbocycles. The third-order valence-corrected chi connectivity index (χ3v) is 0. The third-order valence-electron chi connectivity index (χ3n) is 0. The Morgan fingerprint density at radius 1 is 1.75 bits per heavy atom. The number of hydrogen-bond donors (Lipinski definition) is 0. The van der Waals surface area contributed by atoms with Crippen molar-refractivity contribution in [1.29, 1.82) is 0 Å². The second-order valence-corrected chi connectivity index (χ2v) is 0.408. The molecule has 0 aromatic heterocycles. The Balaban J connectivity index is 0. The van der Waals surface area contributed by atoms with E-state index >= 15 is 0 Å². The summed E-state index contributed by atoms with van der Waals surface area (Å²) in [5.41, 5.74) is 0. The van der Waals surface area contributed by atoms with Crippen LogP contribution in [0.5, 0.6) is 0 Å². The molecule has 0 saturated heterocycles. The Labute approximate surface area is 37.7 Å². The number of allylic oxidation sites excluding steroid dienone is 1. The van der Waals surface area contributed by atoms with Gasteiger partial charge in [-0.15, -0.1) is 6.58 Å². The van der Waals surface area contributed by atoms with Crippen molar-refractivity contribution in [1.82, 2.24) is 0 Å². The van der Waals surface area contributed by atoms with Gasteiger partial charge in [0.2, 0.25) is 0 Å². The van der Waals surface area contributed by atoms with E-state index in [0.717, 1.165) is 0 Å². The second kappa shape index (κ2) is 10.4. The van der Waals surface area contributed by atoms with Crippen molar-refractivity contribution in [3.63, 3.8) is 0 Å². The minimum atomic E-state index is 0. The molecular weight excluding hydrogens is 88.0 g/mol. The summed E-state index contributed by atoms with van der Waals surface area (Å²) in [6, 6.07) is 0. The fraction of sp³-hybridized carbons (Fsp3) is 0.333. The van der Waals surface area contributed by atoms with Crippen molar-refractivity contribution in [3.05, 3.63) is 12.7 Å². The van der Waals surface area contributed by atoms with Crippen LogP contribution < -0.4 is 0 Å². The van der Waals surface area contributed by atoms with Gasteiger partial charge in [0.25, 0.3) is 0 Å². The summed E-state index contributed by atoms with van der Waals surface area (Å²) in [5, 5.41) is 0. The van der Waals surface area contributed by atoms with Gasteiger partial charge in [0.1, 0.15) is 0 Å². The largest absolute Gasteiger partial charge is 0.103 e. The molecule has 1 heteroatoms. The topological polar surface area (TPSA) is 0 Å². The summed E-state index contributed by atoms with van der Waals surface area (Å²) in [7, 11) is 0. The molecule has 0 bridgehead atoms. The zero-order valence-corrected chi connectivity index (χ0v) is 3.97. The van der Waals surface area contributed by atoms with E-state index in [0.29, 0.717) is 0 Å². The molecule has 0 N–H and O–H groups in total. The molecule has 0 rings (SSSR count). The van der Waals surface area contributed by atoms with Crippen LogP contribution in [0.4, 0.5) is 0 Å². The quantitative estimate of drug-likeness (QED) is 0.395. The van der Waals surface area contributed by atoms with Gasteiger partial charge in [-0.25, -0.2) is 0 Å². The first-order valence-electron chi connectivity index (χ1n) is 0.986. The van der Waals surface area contributed by atoms with Gasteiger partial charge in [0.05, 0.1) is 0 Å². The van der Waals surface area contributed by atoms with E-state index < -0.39 is 0 Å². The van der Waals surface area contributed by atoms with Gasteiger partial charge >= 0.3 is 0 Å². The standard InChI is InChI=1S/C3H6.Cr/c1-3-2;/h3H,1H2,2H3;. The van der Waals surface area contributed by atoms with E-state index in [1.54, 1.807) is 6.08 Å². The molecule has 0 radical (unpaired) electrons. The molecule has 4 heavy (non-hydrogen) atoms. The van der Waals surface area contributed by atoms with E-state index in [1.807, 2.05) is 6.92 Å². The molecule has 0 aliphatic carbocycles. The second-order valence-electron chi connectivity index (χ2n) is 0.408. The van der Waals surface area contributed by atoms with Crippen molar-refractivity contribution >= 4 is 0 Å². The first-order chi connectivity index (χ1) is 1.41. The van der Waals surface area contributed by atoms with Gasteiger partial charge < -0.3 is 0 Å². The molecule has 0 atom stereocenters. The van der Waals surface area contributed by atoms with Crippen molar-refractivity contribution in [2.24, 2.45) is 0 Å². The SMILES string of the molecule is C=CC.[Cr]. The molecule has 0 nitrogen and oxygen atoms in total. The van der Waals surface area contributed by atoms with Crippen LogP contribution in [0.2, 0.25) is 0 Å². The van der Waals surface area contributed by atoms with Gasteiger partial charge in [-0.1, -0.05) is 6.08 Å². The van der Waals surface area contributed by atoms with Gasteiger partial charge in [0.15, 0.2) is 0 Å². The summed E-state index contributed by atoms with van der Waals surface area (Å²) in [6.45, 7) is 5.25. The Morgan fingerprint density at radius 2 is 1.75 bits per heavy atom. The van der Waals surface area contributed by atoms with E-state index in [9.17, 15) is 0 Å². The molecule has 0 aliphatic rings. The van der Waals surface area contributed by atoms with Crippen LogP contribution in [0.15, 0.2) is 12.7 Å². The molecule has 0 heterocycles. The molecular formula is C3H6Cr. The molecule has 0 fully saturated rings. The van der Waals surface area contributed by atoms with Crippen molar-refractivity contribution in [3.8, 4) is 0 Å². The summed E-state index contributed by atoms with van der Waals surface area (Å²) < 4.78 is 0. The Morgan fingerprint density at radius 3 is 1.75 bits per heavy atom. The van der Waals surface area contributed by atoms with Crippen LogP contribution in [0.3, 0.4) is 0 Å². The van der Waals surface area contributed by atoms with E-state index in [4.69, 9.17) is 0 Å². The average Bonchev–Trinajstić information content (AvgIpc) is 0.918. The van der Waals surface area contributed by atoms with Crippen molar-refractivity contribution in [2.75, 3.05) is 0 Å². The Bertz CT molecular complexity index is 10.8. The molecule has 0 aromatic rings. The van der Waals surface area contributed by atoms with Gasteiger partial charge in [-0.3, -0.25) is 0 Å². The van der Waals surface area contributed by atoms with Crippen LogP contribution >= 0.6 is 0 Å². The maximum Gasteiger partial charge on any atom is 0 e. The van der Waals surface area contributed by atoms with Gasteiger partial charge in [-0.2, -0.15) is 0 Å². The molecule has 24 valence electrons. The predicted octanol–water partition coefficient (Wildman–Crippen LogP) is 1.19. The van der Waals surface area contributed by atoms with Crippen molar-refractivity contribution in [2.45, 2.75) is 6.92 Å². The fourth-order valence-electron chi connectivity index (χ4n) is 0. The smallest absolute Gasteiger partial charge is 0 e. The summed E-state index contributed by atoms with van der Waals surface area (Å²) in [6.07, 6.45) is 1.75. The minimum Gasteiger partial charge on any atom is -0.103 e. The van der Waals surface area contributed by atoms with Gasteiger partial charge in [-0.05, 0) is 6.92 Å². The number of hydrogen-bond acceptors (Lipinski definition) is 0. The summed E-state index contributed by atoms with van der Waals surface area (Å²) in [5.74, 6) is 0. The molecule has 0 saturated carbocycles. The maximum atomic E-state index is 3.36. The zero-order chi connectivity index (χ0) is 2.71. The Hall–Kier alpha value is 0.272. The first-order valence-corrected chi connectivity index (χ1v) is 0.986. The van der Waals surface area contributed by atoms with Gasteiger partial charge in [0, 0.05) is 17.4 Å². The van der Waals surface area contributed by atoms with E-state index in [1.165, 1.54) is 0 Å². The summed E-state index contributed by atoms with van der Waals surface area (Å²) >= 11 is 0. The normalized spacial score (nSPS) is 3.25. The first kappa shape index (κ1) is 8.86. The van der Waals surface area contributed by atoms with Crippen LogP contribution in [-0.4, -0.2) is 0 Å². The molecule has 0 spiro atoms. The molecule has 0 unspecified atom stereocenters. The van der Waals surface area contributed by atoms with E-state index in [2.05, 4.69) is 6.58 Å². The monoisotopic (exact) mass is 94.0 g/mol.